The molecule has 1 heterocycles. The second kappa shape index (κ2) is 4.58. The van der Waals surface area contributed by atoms with Crippen molar-refractivity contribution >= 4 is 0 Å². The first kappa shape index (κ1) is 11.9. The number of rotatable bonds is 4. The summed E-state index contributed by atoms with van der Waals surface area (Å²) in [5.74, 6) is 0. The highest BCUT2D eigenvalue weighted by molar-refractivity contribution is 5.13. The summed E-state index contributed by atoms with van der Waals surface area (Å²) in [7, 11) is 1.40. The van der Waals surface area contributed by atoms with Gasteiger partial charge in [0.1, 0.15) is 5.69 Å². The quantitative estimate of drug-likeness (QED) is 0.804. The molecule has 0 aliphatic heterocycles. The molecule has 0 fully saturated rings. The third kappa shape index (κ3) is 2.66. The molecule has 2 N–H and O–H groups in total. The van der Waals surface area contributed by atoms with Gasteiger partial charge >= 0.3 is 6.18 Å². The molecule has 0 saturated heterocycles. The fraction of sp³-hybridized carbons (Fsp3) is 0.714. The Morgan fingerprint density at radius 2 is 2.13 bits per heavy atom. The van der Waals surface area contributed by atoms with Crippen molar-refractivity contribution in [3.63, 3.8) is 0 Å². The van der Waals surface area contributed by atoms with Crippen LogP contribution in [0.15, 0.2) is 0 Å². The van der Waals surface area contributed by atoms with E-state index in [0.717, 1.165) is 4.68 Å². The van der Waals surface area contributed by atoms with Gasteiger partial charge in [-0.05, 0) is 0 Å². The maximum atomic E-state index is 12.6. The molecule has 0 radical (unpaired) electrons. The van der Waals surface area contributed by atoms with E-state index in [-0.39, 0.29) is 25.4 Å². The lowest BCUT2D eigenvalue weighted by atomic mass is 10.3. The summed E-state index contributed by atoms with van der Waals surface area (Å²) in [5, 5.41) is 6.74. The van der Waals surface area contributed by atoms with Crippen LogP contribution in [0.4, 0.5) is 13.2 Å². The minimum absolute atomic E-state index is 0.00164. The predicted molar refractivity (Wildman–Crippen MR) is 44.8 cm³/mol. The topological polar surface area (TPSA) is 66.0 Å². The van der Waals surface area contributed by atoms with Gasteiger partial charge in [-0.2, -0.15) is 13.2 Å². The number of aromatic nitrogens is 3. The van der Waals surface area contributed by atoms with Crippen molar-refractivity contribution in [2.75, 3.05) is 13.7 Å². The third-order valence-corrected chi connectivity index (χ3v) is 1.77. The summed E-state index contributed by atoms with van der Waals surface area (Å²) in [4.78, 5) is 0. The lowest BCUT2D eigenvalue weighted by Gasteiger charge is -2.09. The number of halogens is 3. The molecule has 0 atom stereocenters. The van der Waals surface area contributed by atoms with Gasteiger partial charge in [0, 0.05) is 13.7 Å². The van der Waals surface area contributed by atoms with Crippen LogP contribution in [0.1, 0.15) is 11.4 Å². The molecular formula is C7H11F3N4O. The minimum atomic E-state index is -4.49. The number of methoxy groups -OCH3 is 1. The van der Waals surface area contributed by atoms with Crippen LogP contribution in [0, 0.1) is 0 Å². The highest BCUT2D eigenvalue weighted by Gasteiger charge is 2.38. The van der Waals surface area contributed by atoms with Crippen molar-refractivity contribution in [1.29, 1.82) is 0 Å². The van der Waals surface area contributed by atoms with E-state index in [2.05, 4.69) is 15.0 Å². The average molecular weight is 224 g/mol. The van der Waals surface area contributed by atoms with E-state index in [4.69, 9.17) is 5.73 Å². The Labute approximate surface area is 84.0 Å². The van der Waals surface area contributed by atoms with Gasteiger partial charge in [-0.3, -0.25) is 0 Å². The number of hydrogen-bond donors (Lipinski definition) is 1. The molecule has 0 amide bonds. The summed E-state index contributed by atoms with van der Waals surface area (Å²) in [6.45, 7) is -0.156. The Kier molecular flexibility index (Phi) is 3.64. The van der Waals surface area contributed by atoms with Crippen LogP contribution in [-0.2, 0) is 24.0 Å². The molecule has 0 aliphatic rings. The number of ether oxygens (including phenoxy) is 1. The molecule has 0 saturated carbocycles. The SMILES string of the molecule is COCCn1nnc(CN)c1C(F)(F)F. The standard InChI is InChI=1S/C7H11F3N4O/c1-15-3-2-14-6(7(8,9)10)5(4-11)12-13-14/h2-4,11H2,1H3. The zero-order valence-corrected chi connectivity index (χ0v) is 8.08. The Balaban J connectivity index is 3.01. The van der Waals surface area contributed by atoms with Gasteiger partial charge in [0.05, 0.1) is 13.2 Å². The van der Waals surface area contributed by atoms with E-state index < -0.39 is 11.9 Å². The van der Waals surface area contributed by atoms with Crippen LogP contribution in [0.2, 0.25) is 0 Å². The van der Waals surface area contributed by atoms with E-state index in [1.165, 1.54) is 7.11 Å². The van der Waals surface area contributed by atoms with Crippen molar-refractivity contribution in [3.05, 3.63) is 11.4 Å². The summed E-state index contributed by atoms with van der Waals surface area (Å²) in [6, 6.07) is 0. The van der Waals surface area contributed by atoms with Gasteiger partial charge < -0.3 is 10.5 Å². The van der Waals surface area contributed by atoms with E-state index in [1.54, 1.807) is 0 Å². The molecule has 1 rings (SSSR count). The Morgan fingerprint density at radius 1 is 1.47 bits per heavy atom. The maximum absolute atomic E-state index is 12.6. The van der Waals surface area contributed by atoms with Crippen molar-refractivity contribution in [2.45, 2.75) is 19.3 Å². The van der Waals surface area contributed by atoms with Crippen molar-refractivity contribution < 1.29 is 17.9 Å². The van der Waals surface area contributed by atoms with Gasteiger partial charge in [-0.25, -0.2) is 4.68 Å². The molecular weight excluding hydrogens is 213 g/mol. The molecule has 1 aromatic rings. The Morgan fingerprint density at radius 3 is 2.60 bits per heavy atom. The Hall–Kier alpha value is -1.15. The summed E-state index contributed by atoms with van der Waals surface area (Å²) in [5.41, 5.74) is 3.99. The Bertz CT molecular complexity index is 323. The van der Waals surface area contributed by atoms with Gasteiger partial charge in [0.2, 0.25) is 0 Å². The van der Waals surface area contributed by atoms with E-state index >= 15 is 0 Å². The highest BCUT2D eigenvalue weighted by atomic mass is 19.4. The third-order valence-electron chi connectivity index (χ3n) is 1.77. The molecule has 1 aromatic heterocycles. The van der Waals surface area contributed by atoms with Crippen molar-refractivity contribution in [1.82, 2.24) is 15.0 Å². The second-order valence-electron chi connectivity index (χ2n) is 2.80. The minimum Gasteiger partial charge on any atom is -0.383 e. The average Bonchev–Trinajstić information content (AvgIpc) is 2.56. The van der Waals surface area contributed by atoms with Crippen LogP contribution in [0.5, 0.6) is 0 Å². The molecule has 0 aromatic carbocycles. The summed E-state index contributed by atoms with van der Waals surface area (Å²) < 4.78 is 43.1. The summed E-state index contributed by atoms with van der Waals surface area (Å²) in [6.07, 6.45) is -4.49. The van der Waals surface area contributed by atoms with Gasteiger partial charge in [0.25, 0.3) is 0 Å². The zero-order chi connectivity index (χ0) is 11.5. The molecule has 0 spiro atoms. The summed E-state index contributed by atoms with van der Waals surface area (Å²) >= 11 is 0. The smallest absolute Gasteiger partial charge is 0.383 e. The fourth-order valence-corrected chi connectivity index (χ4v) is 1.13. The first-order valence-corrected chi connectivity index (χ1v) is 4.19. The van der Waals surface area contributed by atoms with Gasteiger partial charge in [-0.1, -0.05) is 5.21 Å². The molecule has 0 unspecified atom stereocenters. The van der Waals surface area contributed by atoms with E-state index in [0.29, 0.717) is 0 Å². The molecule has 15 heavy (non-hydrogen) atoms. The zero-order valence-electron chi connectivity index (χ0n) is 8.08. The van der Waals surface area contributed by atoms with Crippen molar-refractivity contribution in [3.8, 4) is 0 Å². The normalized spacial score (nSPS) is 12.1. The van der Waals surface area contributed by atoms with Gasteiger partial charge in [-0.15, -0.1) is 5.10 Å². The number of hydrogen-bond acceptors (Lipinski definition) is 4. The number of nitrogens with zero attached hydrogens (tertiary/aromatic N) is 3. The number of nitrogens with two attached hydrogens (primary N) is 1. The fourth-order valence-electron chi connectivity index (χ4n) is 1.13. The van der Waals surface area contributed by atoms with Crippen LogP contribution in [-0.4, -0.2) is 28.7 Å². The van der Waals surface area contributed by atoms with Gasteiger partial charge in [0.15, 0.2) is 5.69 Å². The lowest BCUT2D eigenvalue weighted by Crippen LogP contribution is -2.19. The lowest BCUT2D eigenvalue weighted by molar-refractivity contribution is -0.145. The highest BCUT2D eigenvalue weighted by Crippen LogP contribution is 2.30. The first-order valence-electron chi connectivity index (χ1n) is 4.19. The van der Waals surface area contributed by atoms with Crippen LogP contribution in [0.3, 0.4) is 0 Å². The predicted octanol–water partition coefficient (Wildman–Crippen LogP) is 0.402. The second-order valence-corrected chi connectivity index (χ2v) is 2.80. The van der Waals surface area contributed by atoms with E-state index in [9.17, 15) is 13.2 Å². The molecule has 5 nitrogen and oxygen atoms in total. The monoisotopic (exact) mass is 224 g/mol. The number of alkyl halides is 3. The molecule has 0 bridgehead atoms. The van der Waals surface area contributed by atoms with Crippen LogP contribution >= 0.6 is 0 Å². The van der Waals surface area contributed by atoms with Crippen molar-refractivity contribution in [2.24, 2.45) is 5.73 Å². The van der Waals surface area contributed by atoms with Crippen LogP contribution in [0.25, 0.3) is 0 Å². The van der Waals surface area contributed by atoms with E-state index in [1.807, 2.05) is 0 Å². The first-order chi connectivity index (χ1) is 7.00. The van der Waals surface area contributed by atoms with Crippen LogP contribution < -0.4 is 5.73 Å². The maximum Gasteiger partial charge on any atom is 0.434 e. The molecule has 86 valence electrons. The molecule has 8 heteroatoms. The largest absolute Gasteiger partial charge is 0.434 e. The molecule has 0 aliphatic carbocycles.